The van der Waals surface area contributed by atoms with Crippen molar-refractivity contribution in [3.8, 4) is 23.0 Å². The third-order valence-corrected chi connectivity index (χ3v) is 4.98. The molecule has 11 heteroatoms. The number of phenolic OH excluding ortho intramolecular Hbond substituents is 4. The molecule has 0 aliphatic carbocycles. The molecule has 1 aliphatic rings. The lowest BCUT2D eigenvalue weighted by Gasteiger charge is -2.41. The van der Waals surface area contributed by atoms with Gasteiger partial charge in [0.15, 0.2) is 29.6 Å². The zero-order valence-electron chi connectivity index (χ0n) is 16.7. The van der Waals surface area contributed by atoms with Crippen molar-refractivity contribution in [2.45, 2.75) is 37.1 Å². The second-order valence-corrected chi connectivity index (χ2v) is 7.23. The topological polar surface area (TPSA) is 186 Å². The summed E-state index contributed by atoms with van der Waals surface area (Å²) in [4.78, 5) is 12.4. The van der Waals surface area contributed by atoms with Gasteiger partial charge in [-0.2, -0.15) is 0 Å². The Balaban J connectivity index is 1.68. The Hall–Kier alpha value is -3.09. The quantitative estimate of drug-likeness (QED) is 0.217. The summed E-state index contributed by atoms with van der Waals surface area (Å²) in [5.74, 6) is -3.38. The van der Waals surface area contributed by atoms with Crippen LogP contribution in [0.15, 0.2) is 36.4 Å². The van der Waals surface area contributed by atoms with Gasteiger partial charge in [-0.1, -0.05) is 12.1 Å². The van der Waals surface area contributed by atoms with Gasteiger partial charge >= 0.3 is 5.97 Å². The first-order valence-corrected chi connectivity index (χ1v) is 9.69. The van der Waals surface area contributed by atoms with E-state index in [-0.39, 0.29) is 17.9 Å². The Morgan fingerprint density at radius 2 is 1.59 bits per heavy atom. The van der Waals surface area contributed by atoms with Gasteiger partial charge in [-0.15, -0.1) is 0 Å². The van der Waals surface area contributed by atoms with E-state index in [1.165, 1.54) is 12.1 Å². The third-order valence-electron chi connectivity index (χ3n) is 4.98. The van der Waals surface area contributed by atoms with E-state index in [4.69, 9.17) is 14.2 Å². The minimum Gasteiger partial charge on any atom is -0.508 e. The maximum Gasteiger partial charge on any atom is 0.338 e. The summed E-state index contributed by atoms with van der Waals surface area (Å²) in [5, 5.41) is 68.2. The van der Waals surface area contributed by atoms with Gasteiger partial charge in [0, 0.05) is 0 Å². The fraction of sp³-hybridized carbons (Fsp3) is 0.381. The van der Waals surface area contributed by atoms with Crippen LogP contribution in [0.3, 0.4) is 0 Å². The van der Waals surface area contributed by atoms with Crippen LogP contribution in [0.4, 0.5) is 0 Å². The Kier molecular flexibility index (Phi) is 7.38. The molecule has 1 aliphatic heterocycles. The number of ether oxygens (including phenoxy) is 3. The highest BCUT2D eigenvalue weighted by atomic mass is 16.7. The fourth-order valence-corrected chi connectivity index (χ4v) is 3.20. The van der Waals surface area contributed by atoms with E-state index in [0.717, 1.165) is 17.7 Å². The van der Waals surface area contributed by atoms with E-state index >= 15 is 0 Å². The molecule has 0 bridgehead atoms. The molecular weight excluding hydrogens is 428 g/mol. The largest absolute Gasteiger partial charge is 0.508 e. The van der Waals surface area contributed by atoms with Crippen LogP contribution in [-0.4, -0.2) is 85.6 Å². The van der Waals surface area contributed by atoms with Gasteiger partial charge in [-0.3, -0.25) is 0 Å². The van der Waals surface area contributed by atoms with E-state index in [1.807, 2.05) is 0 Å². The smallest absolute Gasteiger partial charge is 0.338 e. The lowest BCUT2D eigenvalue weighted by Crippen LogP contribution is -2.60. The van der Waals surface area contributed by atoms with E-state index < -0.39 is 60.5 Å². The number of phenols is 4. The molecular formula is C21H24O11. The standard InChI is InChI=1S/C21H24O11/c22-9-15-17(27)19(32-20(29)11-7-13(24)16(26)14(25)8-11)18(28)21(31-15)30-6-5-10-1-3-12(23)4-2-10/h1-4,7-8,15,17-19,21-28H,5-6,9H2/t15-,17-,18-,19+,21-/m1/s1. The zero-order chi connectivity index (χ0) is 23.4. The van der Waals surface area contributed by atoms with Gasteiger partial charge in [0.05, 0.1) is 18.8 Å². The molecule has 0 radical (unpaired) electrons. The molecule has 174 valence electrons. The normalized spacial score (nSPS) is 25.4. The van der Waals surface area contributed by atoms with Crippen LogP contribution in [-0.2, 0) is 20.6 Å². The Bertz CT molecular complexity index is 907. The highest BCUT2D eigenvalue weighted by Gasteiger charge is 2.47. The van der Waals surface area contributed by atoms with Crippen molar-refractivity contribution < 1.29 is 54.8 Å². The summed E-state index contributed by atoms with van der Waals surface area (Å²) in [6.45, 7) is -0.582. The molecule has 11 nitrogen and oxygen atoms in total. The molecule has 1 saturated heterocycles. The van der Waals surface area contributed by atoms with Crippen molar-refractivity contribution in [1.82, 2.24) is 0 Å². The lowest BCUT2D eigenvalue weighted by molar-refractivity contribution is -0.300. The Morgan fingerprint density at radius 1 is 0.969 bits per heavy atom. The number of aliphatic hydroxyl groups is 3. The van der Waals surface area contributed by atoms with E-state index in [0.29, 0.717) is 6.42 Å². The van der Waals surface area contributed by atoms with E-state index in [1.54, 1.807) is 12.1 Å². The van der Waals surface area contributed by atoms with Crippen molar-refractivity contribution >= 4 is 5.97 Å². The SMILES string of the molecule is O=C(O[C@@H]1[C@@H](O)[C@H](OCCc2ccc(O)cc2)O[C@H](CO)[C@H]1O)c1cc(O)c(O)c(O)c1. The Morgan fingerprint density at radius 3 is 2.19 bits per heavy atom. The number of esters is 1. The summed E-state index contributed by atoms with van der Waals surface area (Å²) < 4.78 is 16.0. The molecule has 0 amide bonds. The summed E-state index contributed by atoms with van der Waals surface area (Å²) >= 11 is 0. The van der Waals surface area contributed by atoms with Crippen LogP contribution in [0.1, 0.15) is 15.9 Å². The van der Waals surface area contributed by atoms with E-state index in [2.05, 4.69) is 0 Å². The van der Waals surface area contributed by atoms with Gasteiger partial charge < -0.3 is 50.0 Å². The fourth-order valence-electron chi connectivity index (χ4n) is 3.20. The maximum absolute atomic E-state index is 12.4. The molecule has 0 aromatic heterocycles. The number of aromatic hydroxyl groups is 4. The highest BCUT2D eigenvalue weighted by Crippen LogP contribution is 2.36. The minimum absolute atomic E-state index is 0.0706. The molecule has 0 unspecified atom stereocenters. The summed E-state index contributed by atoms with van der Waals surface area (Å²) in [6, 6.07) is 8.06. The maximum atomic E-state index is 12.4. The van der Waals surface area contributed by atoms with Gasteiger partial charge in [-0.25, -0.2) is 4.79 Å². The van der Waals surface area contributed by atoms with Crippen LogP contribution in [0.25, 0.3) is 0 Å². The summed E-state index contributed by atoms with van der Waals surface area (Å²) in [5.41, 5.74) is 0.482. The third kappa shape index (κ3) is 5.21. The van der Waals surface area contributed by atoms with Crippen molar-refractivity contribution in [1.29, 1.82) is 0 Å². The van der Waals surface area contributed by atoms with Crippen LogP contribution >= 0.6 is 0 Å². The molecule has 1 fully saturated rings. The number of carbonyl (C=O) groups is 1. The molecule has 32 heavy (non-hydrogen) atoms. The van der Waals surface area contributed by atoms with Crippen molar-refractivity contribution in [2.75, 3.05) is 13.2 Å². The zero-order valence-corrected chi connectivity index (χ0v) is 16.7. The number of carbonyl (C=O) groups excluding carboxylic acids is 1. The molecule has 0 saturated carbocycles. The average molecular weight is 452 g/mol. The molecule has 2 aromatic carbocycles. The molecule has 7 N–H and O–H groups in total. The molecule has 2 aromatic rings. The number of rotatable bonds is 7. The van der Waals surface area contributed by atoms with Crippen LogP contribution in [0.2, 0.25) is 0 Å². The number of benzene rings is 2. The molecule has 0 spiro atoms. The number of hydrogen-bond acceptors (Lipinski definition) is 11. The number of aliphatic hydroxyl groups excluding tert-OH is 3. The second-order valence-electron chi connectivity index (χ2n) is 7.23. The van der Waals surface area contributed by atoms with Crippen molar-refractivity contribution in [3.63, 3.8) is 0 Å². The van der Waals surface area contributed by atoms with Crippen LogP contribution in [0.5, 0.6) is 23.0 Å². The first kappa shape index (κ1) is 23.6. The lowest BCUT2D eigenvalue weighted by atomic mass is 9.99. The van der Waals surface area contributed by atoms with E-state index in [9.17, 15) is 40.5 Å². The minimum atomic E-state index is -1.63. The Labute approximate surface area is 182 Å². The molecule has 5 atom stereocenters. The van der Waals surface area contributed by atoms with Crippen LogP contribution in [0, 0.1) is 0 Å². The van der Waals surface area contributed by atoms with Gasteiger partial charge in [0.1, 0.15) is 24.1 Å². The monoisotopic (exact) mass is 452 g/mol. The van der Waals surface area contributed by atoms with Crippen molar-refractivity contribution in [3.05, 3.63) is 47.5 Å². The van der Waals surface area contributed by atoms with Crippen LogP contribution < -0.4 is 0 Å². The predicted octanol–water partition coefficient (Wildman–Crippen LogP) is -0.267. The van der Waals surface area contributed by atoms with Gasteiger partial charge in [0.25, 0.3) is 0 Å². The first-order valence-electron chi connectivity index (χ1n) is 9.69. The molecule has 1 heterocycles. The van der Waals surface area contributed by atoms with Crippen molar-refractivity contribution in [2.24, 2.45) is 0 Å². The second kappa shape index (κ2) is 10.0. The summed E-state index contributed by atoms with van der Waals surface area (Å²) in [6.07, 6.45) is -6.96. The highest BCUT2D eigenvalue weighted by molar-refractivity contribution is 5.91. The summed E-state index contributed by atoms with van der Waals surface area (Å²) in [7, 11) is 0. The molecule has 3 rings (SSSR count). The van der Waals surface area contributed by atoms with Gasteiger partial charge in [0.2, 0.25) is 0 Å². The van der Waals surface area contributed by atoms with Gasteiger partial charge in [-0.05, 0) is 36.2 Å². The average Bonchev–Trinajstić information content (AvgIpc) is 2.77. The first-order chi connectivity index (χ1) is 15.2. The predicted molar refractivity (Wildman–Crippen MR) is 106 cm³/mol. The number of hydrogen-bond donors (Lipinski definition) is 7.